The van der Waals surface area contributed by atoms with Crippen molar-refractivity contribution in [1.29, 1.82) is 0 Å². The number of nitrogens with one attached hydrogen (secondary N) is 2. The number of fused-ring (bicyclic) bond motifs is 1. The molecule has 11 heteroatoms. The molecule has 0 saturated heterocycles. The maximum Gasteiger partial charge on any atom is 0.416 e. The third-order valence-electron chi connectivity index (χ3n) is 3.81. The van der Waals surface area contributed by atoms with Crippen molar-refractivity contribution in [2.45, 2.75) is 6.18 Å². The summed E-state index contributed by atoms with van der Waals surface area (Å²) in [5, 5.41) is 2.98. The summed E-state index contributed by atoms with van der Waals surface area (Å²) in [7, 11) is -3.30. The van der Waals surface area contributed by atoms with Gasteiger partial charge in [0, 0.05) is 37.2 Å². The first-order valence-electron chi connectivity index (χ1n) is 8.11. The summed E-state index contributed by atoms with van der Waals surface area (Å²) < 4.78 is 62.8. The molecule has 148 valence electrons. The summed E-state index contributed by atoms with van der Waals surface area (Å²) in [4.78, 5) is 12.8. The Morgan fingerprint density at radius 2 is 1.61 bits per heavy atom. The van der Waals surface area contributed by atoms with Crippen molar-refractivity contribution in [1.82, 2.24) is 19.7 Å². The second kappa shape index (κ2) is 7.68. The van der Waals surface area contributed by atoms with E-state index < -0.39 is 21.8 Å². The number of benzene rings is 1. The van der Waals surface area contributed by atoms with Crippen molar-refractivity contribution in [2.24, 2.45) is 0 Å². The monoisotopic (exact) mass is 411 g/mol. The number of alkyl halides is 3. The van der Waals surface area contributed by atoms with E-state index in [9.17, 15) is 21.6 Å². The summed E-state index contributed by atoms with van der Waals surface area (Å²) in [5.74, 6) is 0.397. The van der Waals surface area contributed by atoms with Gasteiger partial charge in [-0.3, -0.25) is 4.98 Å². The Balaban J connectivity index is 1.89. The minimum atomic E-state index is -4.41. The van der Waals surface area contributed by atoms with Gasteiger partial charge in [-0.2, -0.15) is 13.2 Å². The van der Waals surface area contributed by atoms with Gasteiger partial charge in [-0.05, 0) is 17.7 Å². The molecule has 0 radical (unpaired) electrons. The van der Waals surface area contributed by atoms with Gasteiger partial charge in [-0.1, -0.05) is 12.1 Å². The zero-order valence-electron chi connectivity index (χ0n) is 14.7. The number of pyridine rings is 1. The number of halogens is 3. The van der Waals surface area contributed by atoms with Crippen molar-refractivity contribution in [3.8, 4) is 11.1 Å². The van der Waals surface area contributed by atoms with E-state index in [4.69, 9.17) is 0 Å². The Hall–Kier alpha value is -2.79. The van der Waals surface area contributed by atoms with Crippen molar-refractivity contribution in [2.75, 3.05) is 24.7 Å². The van der Waals surface area contributed by atoms with Crippen LogP contribution in [0.15, 0.2) is 42.9 Å². The molecule has 7 nitrogen and oxygen atoms in total. The molecule has 2 heterocycles. The smallest absolute Gasteiger partial charge is 0.367 e. The molecule has 0 spiro atoms. The van der Waals surface area contributed by atoms with E-state index in [0.29, 0.717) is 28.0 Å². The summed E-state index contributed by atoms with van der Waals surface area (Å²) >= 11 is 0. The first-order chi connectivity index (χ1) is 13.1. The Labute approximate surface area is 159 Å². The highest BCUT2D eigenvalue weighted by Gasteiger charge is 2.30. The third kappa shape index (κ3) is 4.73. The Morgan fingerprint density at radius 3 is 2.21 bits per heavy atom. The molecule has 0 fully saturated rings. The van der Waals surface area contributed by atoms with Crippen molar-refractivity contribution < 1.29 is 21.6 Å². The average molecular weight is 411 g/mol. The SMILES string of the molecule is CS(=O)(=O)NCCNc1ncc(-c2ccc(C(F)(F)F)cc2)c2nccnc12. The Bertz CT molecular complexity index is 1090. The number of nitrogens with zero attached hydrogens (tertiary/aromatic N) is 3. The summed E-state index contributed by atoms with van der Waals surface area (Å²) in [6.45, 7) is 0.425. The lowest BCUT2D eigenvalue weighted by Gasteiger charge is -2.12. The van der Waals surface area contributed by atoms with Crippen molar-refractivity contribution in [3.63, 3.8) is 0 Å². The minimum Gasteiger partial charge on any atom is -0.367 e. The zero-order valence-corrected chi connectivity index (χ0v) is 15.5. The lowest BCUT2D eigenvalue weighted by molar-refractivity contribution is -0.137. The maximum atomic E-state index is 12.8. The van der Waals surface area contributed by atoms with Gasteiger partial charge in [0.25, 0.3) is 0 Å². The van der Waals surface area contributed by atoms with Crippen LogP contribution in [0.4, 0.5) is 19.0 Å². The van der Waals surface area contributed by atoms with E-state index in [1.165, 1.54) is 30.7 Å². The average Bonchev–Trinajstić information content (AvgIpc) is 2.64. The fourth-order valence-electron chi connectivity index (χ4n) is 2.56. The highest BCUT2D eigenvalue weighted by molar-refractivity contribution is 7.88. The molecule has 0 amide bonds. The van der Waals surface area contributed by atoms with Gasteiger partial charge in [0.2, 0.25) is 10.0 Å². The van der Waals surface area contributed by atoms with E-state index in [1.54, 1.807) is 0 Å². The van der Waals surface area contributed by atoms with Gasteiger partial charge in [0.15, 0.2) is 5.82 Å². The summed E-state index contributed by atoms with van der Waals surface area (Å²) in [6.07, 6.45) is 1.09. The highest BCUT2D eigenvalue weighted by atomic mass is 32.2. The first kappa shape index (κ1) is 20.0. The minimum absolute atomic E-state index is 0.156. The molecule has 2 N–H and O–H groups in total. The molecular weight excluding hydrogens is 395 g/mol. The molecule has 3 rings (SSSR count). The molecule has 0 aliphatic carbocycles. The van der Waals surface area contributed by atoms with Gasteiger partial charge in [-0.15, -0.1) is 0 Å². The normalized spacial score (nSPS) is 12.3. The fourth-order valence-corrected chi connectivity index (χ4v) is 3.03. The van der Waals surface area contributed by atoms with Crippen LogP contribution in [0, 0.1) is 0 Å². The second-order valence-electron chi connectivity index (χ2n) is 5.94. The standard InChI is InChI=1S/C17H16F3N5O2S/c1-28(26,27)25-9-8-23-16-15-14(21-6-7-22-15)13(10-24-16)11-2-4-12(5-3-11)17(18,19)20/h2-7,10,25H,8-9H2,1H3,(H,23,24). The van der Waals surface area contributed by atoms with E-state index in [-0.39, 0.29) is 13.1 Å². The van der Waals surface area contributed by atoms with Crippen LogP contribution in [0.5, 0.6) is 0 Å². The van der Waals surface area contributed by atoms with Gasteiger partial charge in [-0.25, -0.2) is 23.1 Å². The van der Waals surface area contributed by atoms with Gasteiger partial charge in [0.05, 0.1) is 11.8 Å². The molecule has 0 unspecified atom stereocenters. The lowest BCUT2D eigenvalue weighted by Crippen LogP contribution is -2.27. The molecule has 0 aliphatic heterocycles. The molecule has 0 atom stereocenters. The number of hydrogen-bond donors (Lipinski definition) is 2. The molecule has 0 saturated carbocycles. The molecular formula is C17H16F3N5O2S. The van der Waals surface area contributed by atoms with Crippen LogP contribution in [0.1, 0.15) is 5.56 Å². The molecule has 0 bridgehead atoms. The topological polar surface area (TPSA) is 96.9 Å². The number of sulfonamides is 1. The third-order valence-corrected chi connectivity index (χ3v) is 4.53. The van der Waals surface area contributed by atoms with Crippen LogP contribution < -0.4 is 10.0 Å². The van der Waals surface area contributed by atoms with Gasteiger partial charge < -0.3 is 5.32 Å². The molecule has 0 aliphatic rings. The predicted molar refractivity (Wildman–Crippen MR) is 99.1 cm³/mol. The molecule has 2 aromatic heterocycles. The number of hydrogen-bond acceptors (Lipinski definition) is 6. The van der Waals surface area contributed by atoms with Crippen LogP contribution in [0.2, 0.25) is 0 Å². The highest BCUT2D eigenvalue weighted by Crippen LogP contribution is 2.33. The van der Waals surface area contributed by atoms with Crippen molar-refractivity contribution in [3.05, 3.63) is 48.4 Å². The maximum absolute atomic E-state index is 12.8. The Morgan fingerprint density at radius 1 is 0.964 bits per heavy atom. The second-order valence-corrected chi connectivity index (χ2v) is 7.78. The van der Waals surface area contributed by atoms with Crippen LogP contribution in [0.25, 0.3) is 22.2 Å². The first-order valence-corrected chi connectivity index (χ1v) is 10.00. The van der Waals surface area contributed by atoms with E-state index in [2.05, 4.69) is 25.0 Å². The van der Waals surface area contributed by atoms with Gasteiger partial charge in [0.1, 0.15) is 11.0 Å². The van der Waals surface area contributed by atoms with E-state index in [0.717, 1.165) is 18.4 Å². The number of rotatable bonds is 6. The van der Waals surface area contributed by atoms with Gasteiger partial charge >= 0.3 is 6.18 Å². The van der Waals surface area contributed by atoms with Crippen LogP contribution >= 0.6 is 0 Å². The lowest BCUT2D eigenvalue weighted by atomic mass is 10.0. The Kier molecular flexibility index (Phi) is 5.47. The van der Waals surface area contributed by atoms with E-state index in [1.807, 2.05) is 0 Å². The van der Waals surface area contributed by atoms with Crippen LogP contribution in [-0.2, 0) is 16.2 Å². The largest absolute Gasteiger partial charge is 0.416 e. The van der Waals surface area contributed by atoms with Crippen LogP contribution in [0.3, 0.4) is 0 Å². The number of anilines is 1. The summed E-state index contributed by atoms with van der Waals surface area (Å²) in [5.41, 5.74) is 1.22. The predicted octanol–water partition coefficient (Wildman–Crippen LogP) is 2.67. The van der Waals surface area contributed by atoms with E-state index >= 15 is 0 Å². The van der Waals surface area contributed by atoms with Crippen molar-refractivity contribution >= 4 is 26.9 Å². The molecule has 28 heavy (non-hydrogen) atoms. The molecule has 3 aromatic rings. The zero-order chi connectivity index (χ0) is 20.4. The quantitative estimate of drug-likeness (QED) is 0.606. The number of aromatic nitrogens is 3. The van der Waals surface area contributed by atoms with Crippen LogP contribution in [-0.4, -0.2) is 42.7 Å². The molecule has 1 aromatic carbocycles. The fraction of sp³-hybridized carbons (Fsp3) is 0.235. The summed E-state index contributed by atoms with van der Waals surface area (Å²) in [6, 6.07) is 4.72.